The van der Waals surface area contributed by atoms with Crippen molar-refractivity contribution in [3.8, 4) is 0 Å². The van der Waals surface area contributed by atoms with Gasteiger partial charge in [-0.25, -0.2) is 4.98 Å². The highest BCUT2D eigenvalue weighted by Crippen LogP contribution is 2.10. The van der Waals surface area contributed by atoms with Gasteiger partial charge in [-0.1, -0.05) is 18.3 Å². The van der Waals surface area contributed by atoms with E-state index in [9.17, 15) is 4.79 Å². The molecule has 0 amide bonds. The monoisotopic (exact) mass is 265 g/mol. The fourth-order valence-electron chi connectivity index (χ4n) is 2.12. The van der Waals surface area contributed by atoms with Gasteiger partial charge < -0.3 is 5.32 Å². The molecule has 2 aromatic heterocycles. The number of aromatic nitrogens is 3. The van der Waals surface area contributed by atoms with Crippen LogP contribution in [-0.4, -0.2) is 45.2 Å². The van der Waals surface area contributed by atoms with E-state index in [4.69, 9.17) is 0 Å². The van der Waals surface area contributed by atoms with E-state index in [0.717, 1.165) is 31.9 Å². The topological polar surface area (TPSA) is 62.5 Å². The first-order chi connectivity index (χ1) is 8.78. The van der Waals surface area contributed by atoms with E-state index in [0.29, 0.717) is 11.0 Å². The molecule has 0 radical (unpaired) electrons. The third-order valence-corrected chi connectivity index (χ3v) is 3.96. The summed E-state index contributed by atoms with van der Waals surface area (Å²) in [5.41, 5.74) is 2.37. The maximum absolute atomic E-state index is 11.8. The Morgan fingerprint density at radius 1 is 1.61 bits per heavy atom. The standard InChI is InChI=1S/C11H15N5OS/c1-2-15(9-4-12-5-9)6-8-3-10(17)16-11(14-8)18-7-13-16/h3,7,9,12H,2,4-6H2,1H3. The van der Waals surface area contributed by atoms with Crippen molar-refractivity contribution in [2.75, 3.05) is 19.6 Å². The van der Waals surface area contributed by atoms with Gasteiger partial charge in [0, 0.05) is 31.7 Å². The Bertz CT molecular complexity index is 603. The fourth-order valence-corrected chi connectivity index (χ4v) is 2.76. The van der Waals surface area contributed by atoms with Crippen LogP contribution >= 0.6 is 11.3 Å². The number of fused-ring (bicyclic) bond motifs is 1. The smallest absolute Gasteiger partial charge is 0.275 e. The van der Waals surface area contributed by atoms with E-state index in [-0.39, 0.29) is 5.56 Å². The summed E-state index contributed by atoms with van der Waals surface area (Å²) >= 11 is 1.39. The van der Waals surface area contributed by atoms with E-state index in [1.54, 1.807) is 11.6 Å². The Kier molecular flexibility index (Phi) is 3.11. The number of hydrogen-bond acceptors (Lipinski definition) is 6. The van der Waals surface area contributed by atoms with Crippen LogP contribution in [0.5, 0.6) is 0 Å². The largest absolute Gasteiger partial charge is 0.314 e. The minimum absolute atomic E-state index is 0.0981. The zero-order valence-corrected chi connectivity index (χ0v) is 11.0. The average Bonchev–Trinajstić information content (AvgIpc) is 2.74. The van der Waals surface area contributed by atoms with Crippen molar-refractivity contribution in [2.24, 2.45) is 0 Å². The lowest BCUT2D eigenvalue weighted by Gasteiger charge is -2.37. The van der Waals surface area contributed by atoms with Gasteiger partial charge >= 0.3 is 0 Å². The fraction of sp³-hybridized carbons (Fsp3) is 0.545. The Hall–Kier alpha value is -1.31. The van der Waals surface area contributed by atoms with Crippen molar-refractivity contribution in [1.82, 2.24) is 24.8 Å². The van der Waals surface area contributed by atoms with Crippen molar-refractivity contribution in [3.05, 3.63) is 27.6 Å². The minimum atomic E-state index is -0.0981. The van der Waals surface area contributed by atoms with E-state index in [1.165, 1.54) is 15.9 Å². The van der Waals surface area contributed by atoms with Crippen LogP contribution in [0.25, 0.3) is 4.96 Å². The highest BCUT2D eigenvalue weighted by Gasteiger charge is 2.23. The quantitative estimate of drug-likeness (QED) is 0.839. The van der Waals surface area contributed by atoms with Crippen LogP contribution in [0, 0.1) is 0 Å². The molecule has 0 atom stereocenters. The first-order valence-electron chi connectivity index (χ1n) is 6.05. The summed E-state index contributed by atoms with van der Waals surface area (Å²) in [4.78, 5) is 19.3. The van der Waals surface area contributed by atoms with E-state index in [2.05, 4.69) is 27.2 Å². The lowest BCUT2D eigenvalue weighted by molar-refractivity contribution is 0.143. The van der Waals surface area contributed by atoms with Gasteiger partial charge in [-0.2, -0.15) is 9.61 Å². The van der Waals surface area contributed by atoms with E-state index < -0.39 is 0 Å². The molecule has 3 heterocycles. The summed E-state index contributed by atoms with van der Waals surface area (Å²) < 4.78 is 1.34. The van der Waals surface area contributed by atoms with Gasteiger partial charge in [-0.15, -0.1) is 0 Å². The summed E-state index contributed by atoms with van der Waals surface area (Å²) in [7, 11) is 0. The number of likely N-dealkylation sites (N-methyl/N-ethyl adjacent to an activating group) is 1. The van der Waals surface area contributed by atoms with Gasteiger partial charge in [0.25, 0.3) is 5.56 Å². The summed E-state index contributed by atoms with van der Waals surface area (Å²) in [6.07, 6.45) is 0. The zero-order valence-electron chi connectivity index (χ0n) is 10.2. The highest BCUT2D eigenvalue weighted by atomic mass is 32.1. The zero-order chi connectivity index (χ0) is 12.5. The van der Waals surface area contributed by atoms with Crippen molar-refractivity contribution in [1.29, 1.82) is 0 Å². The molecule has 0 aliphatic carbocycles. The third kappa shape index (κ3) is 2.05. The molecular formula is C11H15N5OS. The normalized spacial score (nSPS) is 16.3. The molecule has 6 nitrogen and oxygen atoms in total. The SMILES string of the molecule is CCN(Cc1cc(=O)n2ncsc2n1)C1CNC1. The van der Waals surface area contributed by atoms with Gasteiger partial charge in [-0.3, -0.25) is 9.69 Å². The number of nitrogens with one attached hydrogen (secondary N) is 1. The van der Waals surface area contributed by atoms with Crippen LogP contribution in [0.15, 0.2) is 16.4 Å². The van der Waals surface area contributed by atoms with Gasteiger partial charge in [0.15, 0.2) is 0 Å². The molecule has 1 aliphatic rings. The minimum Gasteiger partial charge on any atom is -0.314 e. The maximum Gasteiger partial charge on any atom is 0.275 e. The molecule has 1 saturated heterocycles. The number of hydrogen-bond donors (Lipinski definition) is 1. The summed E-state index contributed by atoms with van der Waals surface area (Å²) in [5.74, 6) is 0. The van der Waals surface area contributed by atoms with Gasteiger partial charge in [0.2, 0.25) is 4.96 Å². The summed E-state index contributed by atoms with van der Waals surface area (Å²) in [5, 5.41) is 7.22. The molecule has 0 spiro atoms. The molecule has 0 aromatic carbocycles. The number of rotatable bonds is 4. The van der Waals surface area contributed by atoms with Crippen LogP contribution in [0.4, 0.5) is 0 Å². The average molecular weight is 265 g/mol. The molecule has 1 fully saturated rings. The molecule has 1 aliphatic heterocycles. The molecular weight excluding hydrogens is 250 g/mol. The van der Waals surface area contributed by atoms with Crippen molar-refractivity contribution < 1.29 is 0 Å². The molecule has 3 rings (SSSR count). The molecule has 2 aromatic rings. The second-order valence-corrected chi connectivity index (χ2v) is 5.21. The molecule has 7 heteroatoms. The van der Waals surface area contributed by atoms with Crippen LogP contribution in [0.3, 0.4) is 0 Å². The maximum atomic E-state index is 11.8. The van der Waals surface area contributed by atoms with Crippen LogP contribution in [0.2, 0.25) is 0 Å². The summed E-state index contributed by atoms with van der Waals surface area (Å²) in [6, 6.07) is 2.15. The Labute approximate surface area is 108 Å². The molecule has 0 bridgehead atoms. The Morgan fingerprint density at radius 3 is 3.11 bits per heavy atom. The predicted molar refractivity (Wildman–Crippen MR) is 69.9 cm³/mol. The predicted octanol–water partition coefficient (Wildman–Crippen LogP) is -0.0553. The third-order valence-electron chi connectivity index (χ3n) is 3.29. The molecule has 0 saturated carbocycles. The van der Waals surface area contributed by atoms with Crippen molar-refractivity contribution >= 4 is 16.3 Å². The summed E-state index contributed by atoms with van der Waals surface area (Å²) in [6.45, 7) is 5.88. The van der Waals surface area contributed by atoms with Gasteiger partial charge in [0.1, 0.15) is 5.51 Å². The highest BCUT2D eigenvalue weighted by molar-refractivity contribution is 7.14. The molecule has 1 N–H and O–H groups in total. The Balaban J connectivity index is 1.86. The first kappa shape index (κ1) is 11.8. The van der Waals surface area contributed by atoms with Gasteiger partial charge in [0.05, 0.1) is 5.69 Å². The molecule has 18 heavy (non-hydrogen) atoms. The van der Waals surface area contributed by atoms with Crippen LogP contribution in [0.1, 0.15) is 12.6 Å². The number of nitrogens with zero attached hydrogens (tertiary/aromatic N) is 4. The lowest BCUT2D eigenvalue weighted by atomic mass is 10.1. The lowest BCUT2D eigenvalue weighted by Crippen LogP contribution is -2.56. The Morgan fingerprint density at radius 2 is 2.44 bits per heavy atom. The van der Waals surface area contributed by atoms with E-state index in [1.807, 2.05) is 0 Å². The molecule has 96 valence electrons. The van der Waals surface area contributed by atoms with Crippen LogP contribution in [-0.2, 0) is 6.54 Å². The van der Waals surface area contributed by atoms with Crippen molar-refractivity contribution in [3.63, 3.8) is 0 Å². The van der Waals surface area contributed by atoms with Gasteiger partial charge in [-0.05, 0) is 6.54 Å². The molecule has 0 unspecified atom stereocenters. The second kappa shape index (κ2) is 4.75. The van der Waals surface area contributed by atoms with Crippen LogP contribution < -0.4 is 10.9 Å². The second-order valence-electron chi connectivity index (χ2n) is 4.39. The first-order valence-corrected chi connectivity index (χ1v) is 6.93. The van der Waals surface area contributed by atoms with E-state index >= 15 is 0 Å². The van der Waals surface area contributed by atoms with Crippen molar-refractivity contribution in [2.45, 2.75) is 19.5 Å².